The van der Waals surface area contributed by atoms with E-state index in [0.717, 1.165) is 11.3 Å². The maximum atomic E-state index is 11.7. The molecular weight excluding hydrogens is 264 g/mol. The Balaban J connectivity index is 2.20. The second-order valence-electron chi connectivity index (χ2n) is 4.80. The number of hydrogen-bond donors (Lipinski definition) is 2. The van der Waals surface area contributed by atoms with Crippen LogP contribution in [0.2, 0.25) is 0 Å². The lowest BCUT2D eigenvalue weighted by Gasteiger charge is -2.16. The zero-order valence-corrected chi connectivity index (χ0v) is 11.9. The third-order valence-corrected chi connectivity index (χ3v) is 5.17. The highest BCUT2D eigenvalue weighted by atomic mass is 32.2. The van der Waals surface area contributed by atoms with Gasteiger partial charge in [-0.3, -0.25) is 4.79 Å². The summed E-state index contributed by atoms with van der Waals surface area (Å²) in [7, 11) is -1.31. The fourth-order valence-corrected chi connectivity index (χ4v) is 3.97. The van der Waals surface area contributed by atoms with Crippen LogP contribution in [-0.4, -0.2) is 38.9 Å². The van der Waals surface area contributed by atoms with Gasteiger partial charge >= 0.3 is 0 Å². The molecule has 104 valence electrons. The molecule has 1 aromatic rings. The van der Waals surface area contributed by atoms with E-state index in [2.05, 4.69) is 10.6 Å². The molecule has 0 bridgehead atoms. The summed E-state index contributed by atoms with van der Waals surface area (Å²) in [6.45, 7) is 1.86. The van der Waals surface area contributed by atoms with Crippen molar-refractivity contribution >= 4 is 21.4 Å². The molecule has 2 rings (SSSR count). The van der Waals surface area contributed by atoms with E-state index in [1.54, 1.807) is 19.2 Å². The number of nitrogens with one attached hydrogen (secondary N) is 2. The van der Waals surface area contributed by atoms with Crippen LogP contribution >= 0.6 is 0 Å². The van der Waals surface area contributed by atoms with E-state index in [1.807, 2.05) is 13.0 Å². The Morgan fingerprint density at radius 2 is 2.11 bits per heavy atom. The van der Waals surface area contributed by atoms with Crippen LogP contribution in [0.15, 0.2) is 18.2 Å². The zero-order chi connectivity index (χ0) is 14.0. The molecule has 1 heterocycles. The van der Waals surface area contributed by atoms with E-state index < -0.39 is 9.84 Å². The average Bonchev–Trinajstić information content (AvgIpc) is 2.70. The fraction of sp³-hybridized carbons (Fsp3) is 0.462. The van der Waals surface area contributed by atoms with Gasteiger partial charge in [-0.2, -0.15) is 0 Å². The summed E-state index contributed by atoms with van der Waals surface area (Å²) in [5, 5.41) is 5.82. The molecular formula is C13H18N2O3S. The molecule has 0 radical (unpaired) electrons. The molecule has 1 unspecified atom stereocenters. The number of rotatable bonds is 3. The topological polar surface area (TPSA) is 75.3 Å². The summed E-state index contributed by atoms with van der Waals surface area (Å²) in [4.78, 5) is 11.7. The summed E-state index contributed by atoms with van der Waals surface area (Å²) in [5.41, 5.74) is 2.27. The largest absolute Gasteiger partial charge is 0.381 e. The maximum Gasteiger partial charge on any atom is 0.251 e. The van der Waals surface area contributed by atoms with Crippen LogP contribution in [0.1, 0.15) is 22.3 Å². The van der Waals surface area contributed by atoms with Gasteiger partial charge in [0.15, 0.2) is 9.84 Å². The summed E-state index contributed by atoms with van der Waals surface area (Å²) in [6.07, 6.45) is 0.617. The van der Waals surface area contributed by atoms with Crippen molar-refractivity contribution in [1.82, 2.24) is 5.32 Å². The lowest BCUT2D eigenvalue weighted by molar-refractivity contribution is 0.0962. The van der Waals surface area contributed by atoms with Gasteiger partial charge in [0.05, 0.1) is 11.5 Å². The first kappa shape index (κ1) is 13.9. The molecule has 0 aromatic heterocycles. The van der Waals surface area contributed by atoms with Gasteiger partial charge in [-0.25, -0.2) is 8.42 Å². The maximum absolute atomic E-state index is 11.7. The molecule has 0 aliphatic carbocycles. The van der Waals surface area contributed by atoms with Crippen LogP contribution in [0.5, 0.6) is 0 Å². The Kier molecular flexibility index (Phi) is 3.80. The first-order valence-corrected chi connectivity index (χ1v) is 8.04. The van der Waals surface area contributed by atoms with Crippen molar-refractivity contribution in [2.24, 2.45) is 0 Å². The highest BCUT2D eigenvalue weighted by molar-refractivity contribution is 7.91. The van der Waals surface area contributed by atoms with Gasteiger partial charge < -0.3 is 10.6 Å². The van der Waals surface area contributed by atoms with Gasteiger partial charge in [-0.15, -0.1) is 0 Å². The molecule has 1 atom stereocenters. The van der Waals surface area contributed by atoms with Gasteiger partial charge in [0.1, 0.15) is 0 Å². The first-order chi connectivity index (χ1) is 8.93. The highest BCUT2D eigenvalue weighted by Gasteiger charge is 2.28. The Morgan fingerprint density at radius 1 is 1.37 bits per heavy atom. The van der Waals surface area contributed by atoms with Gasteiger partial charge in [0.25, 0.3) is 5.91 Å². The Labute approximate surface area is 113 Å². The fourth-order valence-electron chi connectivity index (χ4n) is 2.30. The van der Waals surface area contributed by atoms with Crippen molar-refractivity contribution in [3.63, 3.8) is 0 Å². The van der Waals surface area contributed by atoms with Crippen molar-refractivity contribution in [3.8, 4) is 0 Å². The van der Waals surface area contributed by atoms with E-state index in [9.17, 15) is 13.2 Å². The van der Waals surface area contributed by atoms with Gasteiger partial charge in [-0.05, 0) is 31.0 Å². The lowest BCUT2D eigenvalue weighted by atomic mass is 10.1. The van der Waals surface area contributed by atoms with E-state index in [4.69, 9.17) is 0 Å². The summed E-state index contributed by atoms with van der Waals surface area (Å²) in [5.74, 6) is 0.260. The summed E-state index contributed by atoms with van der Waals surface area (Å²) < 4.78 is 22.9. The van der Waals surface area contributed by atoms with E-state index >= 15 is 0 Å². The van der Waals surface area contributed by atoms with E-state index in [0.29, 0.717) is 12.0 Å². The molecule has 19 heavy (non-hydrogen) atoms. The van der Waals surface area contributed by atoms with Crippen LogP contribution in [-0.2, 0) is 9.84 Å². The molecule has 0 spiro atoms. The number of benzene rings is 1. The molecule has 0 saturated carbocycles. The lowest BCUT2D eigenvalue weighted by Crippen LogP contribution is -2.23. The number of carbonyl (C=O) groups excluding carboxylic acids is 1. The minimum absolute atomic E-state index is 0.0661. The molecule has 1 amide bonds. The predicted octanol–water partition coefficient (Wildman–Crippen LogP) is 0.954. The van der Waals surface area contributed by atoms with E-state index in [-0.39, 0.29) is 23.5 Å². The molecule has 1 saturated heterocycles. The van der Waals surface area contributed by atoms with Crippen molar-refractivity contribution in [2.45, 2.75) is 19.4 Å². The zero-order valence-electron chi connectivity index (χ0n) is 11.1. The monoisotopic (exact) mass is 282 g/mol. The van der Waals surface area contributed by atoms with Gasteiger partial charge in [0.2, 0.25) is 0 Å². The van der Waals surface area contributed by atoms with Crippen molar-refractivity contribution in [1.29, 1.82) is 0 Å². The quantitative estimate of drug-likeness (QED) is 0.865. The minimum atomic E-state index is -2.90. The number of sulfone groups is 1. The average molecular weight is 282 g/mol. The predicted molar refractivity (Wildman–Crippen MR) is 75.3 cm³/mol. The Hall–Kier alpha value is -1.56. The smallest absolute Gasteiger partial charge is 0.251 e. The van der Waals surface area contributed by atoms with Crippen LogP contribution in [0.4, 0.5) is 5.69 Å². The molecule has 1 aliphatic rings. The van der Waals surface area contributed by atoms with Crippen molar-refractivity contribution in [2.75, 3.05) is 23.9 Å². The number of anilines is 1. The van der Waals surface area contributed by atoms with Crippen LogP contribution in [0, 0.1) is 6.92 Å². The molecule has 1 fully saturated rings. The van der Waals surface area contributed by atoms with Crippen molar-refractivity contribution < 1.29 is 13.2 Å². The van der Waals surface area contributed by atoms with Crippen molar-refractivity contribution in [3.05, 3.63) is 29.3 Å². The second kappa shape index (κ2) is 5.21. The van der Waals surface area contributed by atoms with E-state index in [1.165, 1.54) is 0 Å². The van der Waals surface area contributed by atoms with Crippen LogP contribution in [0.3, 0.4) is 0 Å². The molecule has 6 heteroatoms. The third-order valence-electron chi connectivity index (χ3n) is 3.40. The first-order valence-electron chi connectivity index (χ1n) is 6.21. The second-order valence-corrected chi connectivity index (χ2v) is 7.03. The molecule has 5 nitrogen and oxygen atoms in total. The summed E-state index contributed by atoms with van der Waals surface area (Å²) in [6, 6.07) is 5.35. The molecule has 2 N–H and O–H groups in total. The number of carbonyl (C=O) groups is 1. The molecule has 1 aliphatic heterocycles. The normalized spacial score (nSPS) is 21.1. The number of amides is 1. The standard InChI is InChI=1S/C13H18N2O3S/c1-9-11(13(16)14-2)4-3-5-12(9)15-10-6-7-19(17,18)8-10/h3-5,10,15H,6-8H2,1-2H3,(H,14,16). The summed E-state index contributed by atoms with van der Waals surface area (Å²) >= 11 is 0. The van der Waals surface area contributed by atoms with Crippen LogP contribution < -0.4 is 10.6 Å². The van der Waals surface area contributed by atoms with Gasteiger partial charge in [0, 0.05) is 24.3 Å². The Bertz CT molecular complexity index is 596. The Morgan fingerprint density at radius 3 is 2.68 bits per heavy atom. The van der Waals surface area contributed by atoms with Crippen LogP contribution in [0.25, 0.3) is 0 Å². The third kappa shape index (κ3) is 3.07. The minimum Gasteiger partial charge on any atom is -0.381 e. The molecule has 1 aromatic carbocycles. The highest BCUT2D eigenvalue weighted by Crippen LogP contribution is 2.23. The number of hydrogen-bond acceptors (Lipinski definition) is 4. The SMILES string of the molecule is CNC(=O)c1cccc(NC2CCS(=O)(=O)C2)c1C. The van der Waals surface area contributed by atoms with Gasteiger partial charge in [-0.1, -0.05) is 6.07 Å².